The summed E-state index contributed by atoms with van der Waals surface area (Å²) in [7, 11) is 9.87. The Balaban J connectivity index is 0.000000277. The molecule has 0 aromatic heterocycles. The fourth-order valence-electron chi connectivity index (χ4n) is 13.4. The van der Waals surface area contributed by atoms with E-state index in [2.05, 4.69) is 219 Å². The summed E-state index contributed by atoms with van der Waals surface area (Å²) >= 11 is -0.826. The maximum atomic E-state index is 4.93. The third-order valence-corrected chi connectivity index (χ3v) is 17.4. The van der Waals surface area contributed by atoms with Crippen molar-refractivity contribution in [3.8, 4) is 11.1 Å². The zero-order chi connectivity index (χ0) is 49.3. The van der Waals surface area contributed by atoms with Gasteiger partial charge in [-0.1, -0.05) is 219 Å². The van der Waals surface area contributed by atoms with E-state index >= 15 is 0 Å². The quantitative estimate of drug-likeness (QED) is 0.164. The molecule has 6 aliphatic rings. The molecule has 6 unspecified atom stereocenters. The molecule has 0 heterocycles. The van der Waals surface area contributed by atoms with Gasteiger partial charge in [-0.3, -0.25) is 0 Å². The van der Waals surface area contributed by atoms with Gasteiger partial charge < -0.3 is 14.9 Å². The van der Waals surface area contributed by atoms with E-state index in [-0.39, 0.29) is 41.9 Å². The topological polar surface area (TPSA) is 0 Å². The molecule has 0 aliphatic heterocycles. The zero-order valence-corrected chi connectivity index (χ0v) is 50.3. The summed E-state index contributed by atoms with van der Waals surface area (Å²) in [5, 5.41) is 0. The summed E-state index contributed by atoms with van der Waals surface area (Å²) in [4.78, 5) is 0. The van der Waals surface area contributed by atoms with E-state index in [1.807, 2.05) is 0 Å². The van der Waals surface area contributed by atoms with Crippen molar-refractivity contribution in [3.05, 3.63) is 171 Å². The van der Waals surface area contributed by atoms with Crippen molar-refractivity contribution in [2.75, 3.05) is 0 Å². The molecule has 0 saturated heterocycles. The van der Waals surface area contributed by atoms with Gasteiger partial charge in [0.2, 0.25) is 0 Å². The van der Waals surface area contributed by atoms with E-state index in [0.29, 0.717) is 46.8 Å². The summed E-state index contributed by atoms with van der Waals surface area (Å²) in [6.07, 6.45) is 39.4. The van der Waals surface area contributed by atoms with Gasteiger partial charge >= 0.3 is 37.9 Å². The van der Waals surface area contributed by atoms with E-state index < -0.39 is 20.8 Å². The second kappa shape index (κ2) is 23.4. The number of halogens is 2. The van der Waals surface area contributed by atoms with Crippen LogP contribution in [0, 0.1) is 77.9 Å². The van der Waals surface area contributed by atoms with Crippen molar-refractivity contribution in [1.82, 2.24) is 0 Å². The Morgan fingerprint density at radius 2 is 0.942 bits per heavy atom. The van der Waals surface area contributed by atoms with Gasteiger partial charge in [-0.15, -0.1) is 13.2 Å². The van der Waals surface area contributed by atoms with Crippen LogP contribution in [0.3, 0.4) is 0 Å². The Morgan fingerprint density at radius 3 is 1.30 bits per heavy atom. The van der Waals surface area contributed by atoms with Gasteiger partial charge in [0.05, 0.1) is 0 Å². The van der Waals surface area contributed by atoms with Gasteiger partial charge in [0.15, 0.2) is 0 Å². The number of hydrogen-bond acceptors (Lipinski definition) is 0. The van der Waals surface area contributed by atoms with E-state index in [9.17, 15) is 0 Å². The first-order valence-corrected chi connectivity index (χ1v) is 32.3. The predicted octanol–water partition coefficient (Wildman–Crippen LogP) is 20.7. The fraction of sp³-hybridized carbons (Fsp3) is 0.545. The van der Waals surface area contributed by atoms with Gasteiger partial charge in [0.1, 0.15) is 0 Å². The van der Waals surface area contributed by atoms with Crippen molar-refractivity contribution in [1.29, 1.82) is 0 Å². The van der Waals surface area contributed by atoms with E-state index in [0.717, 1.165) is 25.2 Å². The molecule has 6 aliphatic carbocycles. The molecule has 0 N–H and O–H groups in total. The molecule has 0 radical (unpaired) electrons. The van der Waals surface area contributed by atoms with Crippen LogP contribution in [-0.2, 0) is 31.7 Å². The average Bonchev–Trinajstić information content (AvgIpc) is 4.09. The second-order valence-corrected chi connectivity index (χ2v) is 29.6. The third kappa shape index (κ3) is 12.6. The molecule has 0 bridgehead atoms. The normalized spacial score (nSPS) is 24.5. The van der Waals surface area contributed by atoms with E-state index in [1.54, 1.807) is 11.1 Å². The Bertz CT molecular complexity index is 2130. The first-order chi connectivity index (χ1) is 31.3. The second-order valence-electron chi connectivity index (χ2n) is 25.8. The average molecular weight is 1050 g/mol. The zero-order valence-electron chi connectivity index (χ0n) is 46.3. The van der Waals surface area contributed by atoms with Crippen LogP contribution in [0.1, 0.15) is 176 Å². The molecule has 0 nitrogen and oxygen atoms in total. The van der Waals surface area contributed by atoms with Gasteiger partial charge in [-0.2, -0.15) is 0 Å². The van der Waals surface area contributed by atoms with Gasteiger partial charge in [0.25, 0.3) is 0 Å². The molecule has 2 aromatic carbocycles. The van der Waals surface area contributed by atoms with Crippen molar-refractivity contribution < 1.29 is 20.8 Å². The Kier molecular flexibility index (Phi) is 20.1. The summed E-state index contributed by atoms with van der Waals surface area (Å²) in [6.45, 7) is 41.6. The van der Waals surface area contributed by atoms with Crippen LogP contribution in [0.5, 0.6) is 0 Å². The number of fused-ring (bicyclic) bond motifs is 6. The molecule has 0 amide bonds. The summed E-state index contributed by atoms with van der Waals surface area (Å²) in [5.74, 6) is 4.98. The van der Waals surface area contributed by atoms with Crippen LogP contribution < -0.4 is 0 Å². The molecule has 6 atom stereocenters. The minimum absolute atomic E-state index is 0. The van der Waals surface area contributed by atoms with Crippen molar-refractivity contribution in [2.45, 2.75) is 165 Å². The molecule has 8 rings (SSSR count). The molecule has 69 heavy (non-hydrogen) atoms. The summed E-state index contributed by atoms with van der Waals surface area (Å²) < 4.78 is 0. The van der Waals surface area contributed by atoms with Crippen molar-refractivity contribution in [2.24, 2.45) is 63.1 Å². The van der Waals surface area contributed by atoms with Crippen LogP contribution in [0.15, 0.2) is 134 Å². The van der Waals surface area contributed by atoms with E-state index in [1.165, 1.54) is 65.5 Å². The number of benzene rings is 2. The van der Waals surface area contributed by atoms with E-state index in [4.69, 9.17) is 17.0 Å². The number of hydrogen-bond donors (Lipinski definition) is 0. The Hall–Kier alpha value is -2.18. The first-order valence-electron chi connectivity index (χ1n) is 26.0. The first kappa shape index (κ1) is 59.4. The maximum absolute atomic E-state index is 4.93. The third-order valence-electron chi connectivity index (χ3n) is 17.4. The Labute approximate surface area is 444 Å². The predicted molar refractivity (Wildman–Crippen MR) is 305 cm³/mol. The monoisotopic (exact) mass is 1050 g/mol. The van der Waals surface area contributed by atoms with Crippen LogP contribution in [0.4, 0.5) is 0 Å². The van der Waals surface area contributed by atoms with Crippen LogP contribution >= 0.6 is 17.0 Å². The molecule has 2 fully saturated rings. The Morgan fingerprint density at radius 1 is 0.551 bits per heavy atom. The van der Waals surface area contributed by atoms with Gasteiger partial charge in [-0.05, 0) is 151 Å². The van der Waals surface area contributed by atoms with Crippen molar-refractivity contribution >= 4 is 17.0 Å². The van der Waals surface area contributed by atoms with Gasteiger partial charge in [0, 0.05) is 11.8 Å². The number of rotatable bonds is 10. The van der Waals surface area contributed by atoms with Crippen molar-refractivity contribution in [3.63, 3.8) is 0 Å². The molecule has 3 heteroatoms. The fourth-order valence-corrected chi connectivity index (χ4v) is 13.4. The standard InChI is InChI=1S/C32H48.C32H40.2CH3.2ClH.Zr/c2*1-9-10-19-32(8,22-13-11-12-14-22)29-27-20-23(30(2,3)4)15-17-25(27)26-18-16-24(21-28(26)29)31(5,6)7;;;;;/h9,15-18,20-22,25-29H,1,10-14,19H2,2-8H3;9,11-18,20-22,29H,1,10,19H2,2-8H3;2*1H3;2*1H;/q;;2*-1;;;+4/p-2. The number of allylic oxidation sites excluding steroid dienone is 14. The molecular weight excluding hydrogens is 955 g/mol. The summed E-state index contributed by atoms with van der Waals surface area (Å²) in [5.41, 5.74) is 13.0. The van der Waals surface area contributed by atoms with Crippen LogP contribution in [-0.4, -0.2) is 0 Å². The molecule has 0 spiro atoms. The van der Waals surface area contributed by atoms with Crippen LogP contribution in [0.2, 0.25) is 0 Å². The molecular formula is C66H94Cl2Zr. The molecule has 376 valence electrons. The summed E-state index contributed by atoms with van der Waals surface area (Å²) in [6, 6.07) is 14.5. The van der Waals surface area contributed by atoms with Gasteiger partial charge in [-0.25, -0.2) is 0 Å². The SMILES string of the molecule is C=CCCC(C)(C1C=CC=C1)C1c2cc(C(C)(C)C)ccc2-c2ccc(C(C)(C)C)cc21.C=CCCC(C)(C1CCCC1)C1C2C=C(C(C)(C)C)C=CC2C2C=CC(C(C)(C)C)=CC21.[CH3-].[CH3-].[Cl][Zr+2][Cl]. The minimum atomic E-state index is -0.826. The molecule has 2 saturated carbocycles. The van der Waals surface area contributed by atoms with Crippen LogP contribution in [0.25, 0.3) is 11.1 Å². The molecule has 2 aromatic rings.